The van der Waals surface area contributed by atoms with E-state index in [1.165, 1.54) is 5.56 Å². The summed E-state index contributed by atoms with van der Waals surface area (Å²) in [6.45, 7) is 0.762. The molecule has 0 bridgehead atoms. The van der Waals surface area contributed by atoms with E-state index in [0.29, 0.717) is 12.0 Å². The Morgan fingerprint density at radius 3 is 2.92 bits per heavy atom. The number of thiophene rings is 1. The third-order valence-corrected chi connectivity index (χ3v) is 4.01. The second-order valence-electron chi connectivity index (χ2n) is 3.00. The Morgan fingerprint density at radius 1 is 1.69 bits per heavy atom. The van der Waals surface area contributed by atoms with Gasteiger partial charge in [0, 0.05) is 22.5 Å². The van der Waals surface area contributed by atoms with Gasteiger partial charge in [0.2, 0.25) is 0 Å². The fourth-order valence-corrected chi connectivity index (χ4v) is 3.02. The molecule has 1 aliphatic rings. The zero-order valence-electron chi connectivity index (χ0n) is 7.20. The van der Waals surface area contributed by atoms with Crippen molar-refractivity contribution in [3.63, 3.8) is 0 Å². The van der Waals surface area contributed by atoms with E-state index in [1.54, 1.807) is 11.3 Å². The molecule has 2 N–H and O–H groups in total. The van der Waals surface area contributed by atoms with Gasteiger partial charge < -0.3 is 10.6 Å². The number of guanidine groups is 1. The van der Waals surface area contributed by atoms with E-state index in [2.05, 4.69) is 31.7 Å². The molecule has 0 amide bonds. The smallest absolute Gasteiger partial charge is 0.191 e. The van der Waals surface area contributed by atoms with Crippen LogP contribution in [0.4, 0.5) is 0 Å². The summed E-state index contributed by atoms with van der Waals surface area (Å²) in [5, 5.41) is 4.22. The first-order chi connectivity index (χ1) is 6.20. The van der Waals surface area contributed by atoms with Crippen molar-refractivity contribution < 1.29 is 0 Å². The normalized spacial score (nSPS) is 22.2. The van der Waals surface area contributed by atoms with Crippen molar-refractivity contribution in [2.45, 2.75) is 6.04 Å². The summed E-state index contributed by atoms with van der Waals surface area (Å²) in [7, 11) is 1.97. The SMILES string of the molecule is CN1C(N)=NCC1c1cscc1Br. The minimum atomic E-state index is 0.306. The lowest BCUT2D eigenvalue weighted by Gasteiger charge is -2.20. The van der Waals surface area contributed by atoms with Crippen LogP contribution in [0.5, 0.6) is 0 Å². The molecular weight excluding hydrogens is 250 g/mol. The van der Waals surface area contributed by atoms with E-state index in [4.69, 9.17) is 5.73 Å². The molecule has 0 saturated heterocycles. The predicted molar refractivity (Wildman–Crippen MR) is 59.0 cm³/mol. The van der Waals surface area contributed by atoms with Gasteiger partial charge in [0.25, 0.3) is 0 Å². The maximum absolute atomic E-state index is 5.69. The Morgan fingerprint density at radius 2 is 2.46 bits per heavy atom. The Labute approximate surface area is 89.4 Å². The van der Waals surface area contributed by atoms with Crippen LogP contribution in [0, 0.1) is 0 Å². The van der Waals surface area contributed by atoms with Gasteiger partial charge in [0.15, 0.2) is 5.96 Å². The Hall–Kier alpha value is -0.550. The molecule has 0 saturated carbocycles. The van der Waals surface area contributed by atoms with E-state index >= 15 is 0 Å². The van der Waals surface area contributed by atoms with Gasteiger partial charge in [-0.15, -0.1) is 0 Å². The third-order valence-electron chi connectivity index (χ3n) is 2.26. The molecule has 2 heterocycles. The Bertz CT molecular complexity index is 347. The first-order valence-electron chi connectivity index (χ1n) is 3.94. The average Bonchev–Trinajstić information content (AvgIpc) is 2.62. The molecular formula is C8H10BrN3S. The first kappa shape index (κ1) is 9.02. The topological polar surface area (TPSA) is 41.6 Å². The van der Waals surface area contributed by atoms with E-state index in [1.807, 2.05) is 11.9 Å². The quantitative estimate of drug-likeness (QED) is 0.836. The highest BCUT2D eigenvalue weighted by molar-refractivity contribution is 9.10. The maximum Gasteiger partial charge on any atom is 0.191 e. The number of likely N-dealkylation sites (N-methyl/N-ethyl adjacent to an activating group) is 1. The molecule has 0 radical (unpaired) electrons. The molecule has 0 aromatic carbocycles. The van der Waals surface area contributed by atoms with Crippen LogP contribution in [0.25, 0.3) is 0 Å². The van der Waals surface area contributed by atoms with E-state index in [0.717, 1.165) is 11.0 Å². The lowest BCUT2D eigenvalue weighted by Crippen LogP contribution is -2.32. The van der Waals surface area contributed by atoms with Gasteiger partial charge in [0.1, 0.15) is 0 Å². The molecule has 0 spiro atoms. The van der Waals surface area contributed by atoms with E-state index in [-0.39, 0.29) is 0 Å². The van der Waals surface area contributed by atoms with Gasteiger partial charge in [-0.2, -0.15) is 11.3 Å². The molecule has 0 aliphatic carbocycles. The second kappa shape index (κ2) is 3.31. The first-order valence-corrected chi connectivity index (χ1v) is 5.68. The maximum atomic E-state index is 5.69. The minimum Gasteiger partial charge on any atom is -0.370 e. The summed E-state index contributed by atoms with van der Waals surface area (Å²) < 4.78 is 1.15. The number of rotatable bonds is 1. The number of hydrogen-bond donors (Lipinski definition) is 1. The zero-order chi connectivity index (χ0) is 9.42. The monoisotopic (exact) mass is 259 g/mol. The highest BCUT2D eigenvalue weighted by Crippen LogP contribution is 2.32. The summed E-state index contributed by atoms with van der Waals surface area (Å²) in [4.78, 5) is 6.21. The number of nitrogens with zero attached hydrogens (tertiary/aromatic N) is 2. The summed E-state index contributed by atoms with van der Waals surface area (Å²) >= 11 is 5.21. The van der Waals surface area contributed by atoms with E-state index < -0.39 is 0 Å². The van der Waals surface area contributed by atoms with Crippen LogP contribution < -0.4 is 5.73 Å². The second-order valence-corrected chi connectivity index (χ2v) is 4.60. The average molecular weight is 260 g/mol. The lowest BCUT2D eigenvalue weighted by atomic mass is 10.1. The van der Waals surface area contributed by atoms with Crippen molar-refractivity contribution in [2.75, 3.05) is 13.6 Å². The number of nitrogens with two attached hydrogens (primary N) is 1. The summed E-state index contributed by atoms with van der Waals surface area (Å²) in [5.74, 6) is 0.628. The van der Waals surface area contributed by atoms with Gasteiger partial charge in [-0.1, -0.05) is 0 Å². The van der Waals surface area contributed by atoms with Gasteiger partial charge >= 0.3 is 0 Å². The molecule has 1 aromatic rings. The molecule has 1 aliphatic heterocycles. The van der Waals surface area contributed by atoms with Crippen molar-refractivity contribution in [1.82, 2.24) is 4.90 Å². The van der Waals surface area contributed by atoms with Crippen LogP contribution in [-0.4, -0.2) is 24.5 Å². The van der Waals surface area contributed by atoms with Crippen LogP contribution in [0.1, 0.15) is 11.6 Å². The Kier molecular flexibility index (Phi) is 2.29. The highest BCUT2D eigenvalue weighted by atomic mass is 79.9. The molecule has 1 atom stereocenters. The van der Waals surface area contributed by atoms with Gasteiger partial charge in [0.05, 0.1) is 12.6 Å². The minimum absolute atomic E-state index is 0.306. The lowest BCUT2D eigenvalue weighted by molar-refractivity contribution is 0.414. The van der Waals surface area contributed by atoms with Crippen LogP contribution in [0.3, 0.4) is 0 Å². The largest absolute Gasteiger partial charge is 0.370 e. The molecule has 5 heteroatoms. The molecule has 1 aromatic heterocycles. The molecule has 2 rings (SSSR count). The molecule has 1 unspecified atom stereocenters. The fraction of sp³-hybridized carbons (Fsp3) is 0.375. The van der Waals surface area contributed by atoms with Crippen LogP contribution in [-0.2, 0) is 0 Å². The zero-order valence-corrected chi connectivity index (χ0v) is 9.60. The summed E-state index contributed by atoms with van der Waals surface area (Å²) in [6, 6.07) is 0.306. The standard InChI is InChI=1S/C8H10BrN3S/c1-12-7(2-11-8(12)10)5-3-13-4-6(5)9/h3-4,7H,2H2,1H3,(H2,10,11). The summed E-state index contributed by atoms with van der Waals surface area (Å²) in [6.07, 6.45) is 0. The van der Waals surface area contributed by atoms with Gasteiger partial charge in [-0.05, 0) is 21.3 Å². The predicted octanol–water partition coefficient (Wildman–Crippen LogP) is 1.81. The van der Waals surface area contributed by atoms with Crippen LogP contribution in [0.15, 0.2) is 20.2 Å². The van der Waals surface area contributed by atoms with Gasteiger partial charge in [-0.25, -0.2) is 0 Å². The van der Waals surface area contributed by atoms with Crippen molar-refractivity contribution >= 4 is 33.2 Å². The van der Waals surface area contributed by atoms with Crippen LogP contribution >= 0.6 is 27.3 Å². The fourth-order valence-electron chi connectivity index (χ4n) is 1.41. The van der Waals surface area contributed by atoms with Crippen molar-refractivity contribution in [3.05, 3.63) is 20.8 Å². The Balaban J connectivity index is 2.26. The van der Waals surface area contributed by atoms with Gasteiger partial charge in [-0.3, -0.25) is 4.99 Å². The van der Waals surface area contributed by atoms with Crippen molar-refractivity contribution in [1.29, 1.82) is 0 Å². The molecule has 13 heavy (non-hydrogen) atoms. The highest BCUT2D eigenvalue weighted by Gasteiger charge is 2.25. The molecule has 0 fully saturated rings. The molecule has 70 valence electrons. The van der Waals surface area contributed by atoms with Crippen LogP contribution in [0.2, 0.25) is 0 Å². The van der Waals surface area contributed by atoms with Crippen molar-refractivity contribution in [2.24, 2.45) is 10.7 Å². The molecule has 3 nitrogen and oxygen atoms in total. The number of halogens is 1. The third kappa shape index (κ3) is 1.46. The van der Waals surface area contributed by atoms with Crippen molar-refractivity contribution in [3.8, 4) is 0 Å². The summed E-state index contributed by atoms with van der Waals surface area (Å²) in [5.41, 5.74) is 6.96. The number of hydrogen-bond acceptors (Lipinski definition) is 4. The number of aliphatic imine (C=N–C) groups is 1. The van der Waals surface area contributed by atoms with E-state index in [9.17, 15) is 0 Å².